The van der Waals surface area contributed by atoms with Crippen LogP contribution in [-0.4, -0.2) is 42.3 Å². The highest BCUT2D eigenvalue weighted by Gasteiger charge is 2.47. The van der Waals surface area contributed by atoms with E-state index in [1.54, 1.807) is 14.2 Å². The molecule has 1 aromatic heterocycles. The molecule has 10 heteroatoms. The van der Waals surface area contributed by atoms with Crippen LogP contribution in [0.15, 0.2) is 59.8 Å². The van der Waals surface area contributed by atoms with Gasteiger partial charge in [-0.15, -0.1) is 0 Å². The molecule has 0 amide bonds. The summed E-state index contributed by atoms with van der Waals surface area (Å²) < 4.78 is 53.2. The largest absolute Gasteiger partial charge is 0.497 e. The Kier molecular flexibility index (Phi) is 7.86. The molecule has 6 rings (SSSR count). The Morgan fingerprint density at radius 3 is 2.27 bits per heavy atom. The van der Waals surface area contributed by atoms with Crippen molar-refractivity contribution in [2.45, 2.75) is 56.0 Å². The SMILES string of the molecule is [2H]C([2H])([2H])N1Cc2c(Cl)nc(SC)nc2CC12CCCc1c(F)cc(N(Cc3ccc(OC)cc3)Cc3ccc(OC)cc3)c(C#N)c12. The minimum absolute atomic E-state index is 0.0586. The van der Waals surface area contributed by atoms with Gasteiger partial charge < -0.3 is 14.4 Å². The number of benzene rings is 3. The van der Waals surface area contributed by atoms with Crippen LogP contribution in [0.1, 0.15) is 56.0 Å². The van der Waals surface area contributed by atoms with Gasteiger partial charge in [-0.25, -0.2) is 14.4 Å². The standard InChI is InChI=1S/C35H35ClFN5O2S/c1-41-21-28-30(39-34(45-4)40-33(28)36)17-35(41)15-5-6-26-29(37)16-31(27(18-38)32(26)35)42(19-22-7-11-24(43-2)12-8-22)20-23-9-13-25(44-3)14-10-23/h7-14,16H,5-6,15,17,19-21H2,1-4H3/i1D3. The molecule has 1 spiro atoms. The minimum Gasteiger partial charge on any atom is -0.497 e. The smallest absolute Gasteiger partial charge is 0.188 e. The van der Waals surface area contributed by atoms with E-state index in [1.165, 1.54) is 22.7 Å². The third-order valence-corrected chi connectivity index (χ3v) is 9.72. The zero-order valence-corrected chi connectivity index (χ0v) is 26.9. The second kappa shape index (κ2) is 12.9. The maximum absolute atomic E-state index is 16.5. The van der Waals surface area contributed by atoms with Crippen molar-refractivity contribution in [3.63, 3.8) is 0 Å². The van der Waals surface area contributed by atoms with Gasteiger partial charge in [0.2, 0.25) is 0 Å². The summed E-state index contributed by atoms with van der Waals surface area (Å²) in [6, 6.07) is 19.0. The zero-order chi connectivity index (χ0) is 34.2. The van der Waals surface area contributed by atoms with Gasteiger partial charge >= 0.3 is 0 Å². The van der Waals surface area contributed by atoms with E-state index in [0.29, 0.717) is 77.1 Å². The van der Waals surface area contributed by atoms with E-state index >= 15 is 4.39 Å². The van der Waals surface area contributed by atoms with Crippen molar-refractivity contribution < 1.29 is 18.0 Å². The first kappa shape index (κ1) is 27.5. The number of ether oxygens (including phenoxy) is 2. The number of nitriles is 1. The molecule has 2 heterocycles. The maximum atomic E-state index is 16.5. The Bertz CT molecular complexity index is 1820. The fourth-order valence-corrected chi connectivity index (χ4v) is 7.29. The van der Waals surface area contributed by atoms with Crippen LogP contribution in [0.3, 0.4) is 0 Å². The molecular formula is C35H35ClFN5O2S. The first-order valence-corrected chi connectivity index (χ1v) is 16.3. The number of anilines is 1. The minimum atomic E-state index is -2.58. The van der Waals surface area contributed by atoms with Crippen molar-refractivity contribution in [2.24, 2.45) is 0 Å². The van der Waals surface area contributed by atoms with Crippen molar-refractivity contribution in [1.82, 2.24) is 14.9 Å². The van der Waals surface area contributed by atoms with Gasteiger partial charge in [-0.05, 0) is 85.1 Å². The molecule has 0 radical (unpaired) electrons. The third kappa shape index (κ3) is 5.83. The van der Waals surface area contributed by atoms with Crippen LogP contribution in [0.25, 0.3) is 0 Å². The molecule has 0 saturated carbocycles. The quantitative estimate of drug-likeness (QED) is 0.112. The summed E-state index contributed by atoms with van der Waals surface area (Å²) >= 11 is 7.94. The van der Waals surface area contributed by atoms with Crippen LogP contribution < -0.4 is 14.4 Å². The van der Waals surface area contributed by atoms with Gasteiger partial charge in [0.05, 0.1) is 36.7 Å². The van der Waals surface area contributed by atoms with Gasteiger partial charge in [-0.3, -0.25) is 4.90 Å². The molecule has 1 unspecified atom stereocenters. The number of rotatable bonds is 8. The molecule has 0 fully saturated rings. The number of methoxy groups -OCH3 is 2. The number of thioether (sulfide) groups is 1. The molecule has 1 aliphatic carbocycles. The number of hydrogen-bond acceptors (Lipinski definition) is 8. The van der Waals surface area contributed by atoms with Gasteiger partial charge in [0.1, 0.15) is 28.5 Å². The van der Waals surface area contributed by atoms with Gasteiger partial charge in [0.15, 0.2) is 5.16 Å². The summed E-state index contributed by atoms with van der Waals surface area (Å²) in [5, 5.41) is 11.6. The van der Waals surface area contributed by atoms with Crippen molar-refractivity contribution in [1.29, 1.82) is 5.26 Å². The number of halogens is 2. The molecular weight excluding hydrogens is 609 g/mol. The molecule has 45 heavy (non-hydrogen) atoms. The van der Waals surface area contributed by atoms with E-state index in [9.17, 15) is 5.26 Å². The molecule has 3 aromatic carbocycles. The number of fused-ring (bicyclic) bond motifs is 3. The van der Waals surface area contributed by atoms with Gasteiger partial charge in [0.25, 0.3) is 0 Å². The Labute approximate surface area is 277 Å². The normalized spacial score (nSPS) is 18.6. The summed E-state index contributed by atoms with van der Waals surface area (Å²) in [6.45, 7) is -1.95. The maximum Gasteiger partial charge on any atom is 0.188 e. The number of nitrogens with zero attached hydrogens (tertiary/aromatic N) is 5. The number of likely N-dealkylation sites (N-methyl/N-ethyl adjacent to an activating group) is 1. The summed E-state index contributed by atoms with van der Waals surface area (Å²) in [7, 11) is 3.20. The average molecular weight is 647 g/mol. The van der Waals surface area contributed by atoms with Crippen LogP contribution in [0, 0.1) is 17.1 Å². The molecule has 0 N–H and O–H groups in total. The number of hydrogen-bond donors (Lipinski definition) is 0. The van der Waals surface area contributed by atoms with Crippen molar-refractivity contribution >= 4 is 29.1 Å². The molecule has 7 nitrogen and oxygen atoms in total. The lowest BCUT2D eigenvalue weighted by Gasteiger charge is -2.50. The molecule has 2 aliphatic rings. The molecule has 1 atom stereocenters. The molecule has 1 aliphatic heterocycles. The van der Waals surface area contributed by atoms with Crippen LogP contribution in [0.5, 0.6) is 11.5 Å². The topological polar surface area (TPSA) is 74.5 Å². The molecule has 4 aromatic rings. The highest BCUT2D eigenvalue weighted by atomic mass is 35.5. The lowest BCUT2D eigenvalue weighted by molar-refractivity contribution is 0.0714. The highest BCUT2D eigenvalue weighted by molar-refractivity contribution is 7.98. The van der Waals surface area contributed by atoms with Crippen LogP contribution in [-0.2, 0) is 38.0 Å². The van der Waals surface area contributed by atoms with Gasteiger partial charge in [0, 0.05) is 35.7 Å². The van der Waals surface area contributed by atoms with Crippen molar-refractivity contribution in [2.75, 3.05) is 32.4 Å². The predicted octanol–water partition coefficient (Wildman–Crippen LogP) is 7.31. The van der Waals surface area contributed by atoms with E-state index in [2.05, 4.69) is 11.1 Å². The summed E-state index contributed by atoms with van der Waals surface area (Å²) in [6.07, 6.45) is 3.33. The molecule has 0 bridgehead atoms. The summed E-state index contributed by atoms with van der Waals surface area (Å²) in [4.78, 5) is 12.5. The first-order valence-electron chi connectivity index (χ1n) is 16.1. The summed E-state index contributed by atoms with van der Waals surface area (Å²) in [5.41, 5.74) is 3.23. The Morgan fingerprint density at radius 2 is 1.71 bits per heavy atom. The number of aromatic nitrogens is 2. The van der Waals surface area contributed by atoms with Gasteiger partial charge in [-0.2, -0.15) is 5.26 Å². The highest BCUT2D eigenvalue weighted by Crippen LogP contribution is 2.50. The lowest BCUT2D eigenvalue weighted by atomic mass is 9.68. The summed E-state index contributed by atoms with van der Waals surface area (Å²) in [5.74, 6) is 0.945. The average Bonchev–Trinajstić information content (AvgIpc) is 3.08. The molecule has 0 saturated heterocycles. The van der Waals surface area contributed by atoms with Gasteiger partial charge in [-0.1, -0.05) is 47.6 Å². The van der Waals surface area contributed by atoms with E-state index in [-0.39, 0.29) is 23.7 Å². The van der Waals surface area contributed by atoms with Crippen LogP contribution >= 0.6 is 23.4 Å². The second-order valence-corrected chi connectivity index (χ2v) is 12.5. The Balaban J connectivity index is 1.56. The molecule has 232 valence electrons. The Hall–Kier alpha value is -3.84. The van der Waals surface area contributed by atoms with Crippen molar-refractivity contribution in [3.8, 4) is 17.6 Å². The fourth-order valence-electron chi connectivity index (χ4n) is 6.61. The fraction of sp³-hybridized carbons (Fsp3) is 0.343. The van der Waals surface area contributed by atoms with E-state index in [4.69, 9.17) is 30.2 Å². The second-order valence-electron chi connectivity index (χ2n) is 11.3. The van der Waals surface area contributed by atoms with Crippen molar-refractivity contribution in [3.05, 3.63) is 105 Å². The van der Waals surface area contributed by atoms with Crippen LogP contribution in [0.4, 0.5) is 10.1 Å². The van der Waals surface area contributed by atoms with E-state index in [0.717, 1.165) is 11.1 Å². The predicted molar refractivity (Wildman–Crippen MR) is 176 cm³/mol. The van der Waals surface area contributed by atoms with E-state index < -0.39 is 18.3 Å². The lowest BCUT2D eigenvalue weighted by Crippen LogP contribution is -2.51. The first-order chi connectivity index (χ1) is 23.0. The van der Waals surface area contributed by atoms with E-state index in [1.807, 2.05) is 59.7 Å². The Morgan fingerprint density at radius 1 is 1.07 bits per heavy atom. The third-order valence-electron chi connectivity index (χ3n) is 8.86. The monoisotopic (exact) mass is 646 g/mol. The van der Waals surface area contributed by atoms with Crippen LogP contribution in [0.2, 0.25) is 5.15 Å². The zero-order valence-electron chi connectivity index (χ0n) is 28.4.